The molecule has 0 bridgehead atoms. The van der Waals surface area contributed by atoms with Crippen LogP contribution < -0.4 is 0 Å². The Balaban J connectivity index is 3.06. The number of carbonyl (C=O) groups excluding carboxylic acids is 2. The van der Waals surface area contributed by atoms with Gasteiger partial charge >= 0.3 is 0 Å². The van der Waals surface area contributed by atoms with Crippen molar-refractivity contribution in [2.75, 3.05) is 6.61 Å². The van der Waals surface area contributed by atoms with Gasteiger partial charge in [-0.2, -0.15) is 0 Å². The van der Waals surface area contributed by atoms with Gasteiger partial charge in [0.25, 0.3) is 0 Å². The van der Waals surface area contributed by atoms with E-state index in [1.807, 2.05) is 0 Å². The van der Waals surface area contributed by atoms with Crippen LogP contribution in [0.15, 0.2) is 0 Å². The van der Waals surface area contributed by atoms with E-state index in [0.29, 0.717) is 0 Å². The van der Waals surface area contributed by atoms with Crippen molar-refractivity contribution in [2.24, 2.45) is 0 Å². The fourth-order valence-electron chi connectivity index (χ4n) is 2.71. The predicted molar refractivity (Wildman–Crippen MR) is 78.1 cm³/mol. The molecule has 8 N–H and O–H groups in total. The predicted octanol–water partition coefficient (Wildman–Crippen LogP) is -5.18. The molecule has 11 heteroatoms. The zero-order valence-corrected chi connectivity index (χ0v) is 13.6. The summed E-state index contributed by atoms with van der Waals surface area (Å²) in [6.07, 6.45) is -15.7. The normalized spacial score (nSPS) is 34.2. The lowest BCUT2D eigenvalue weighted by Gasteiger charge is -2.44. The summed E-state index contributed by atoms with van der Waals surface area (Å²) in [5, 5.41) is 78.5. The highest BCUT2D eigenvalue weighted by Gasteiger charge is 2.54. The number of hydrogen-bond donors (Lipinski definition) is 8. The molecule has 25 heavy (non-hydrogen) atoms. The molecule has 1 aliphatic heterocycles. The van der Waals surface area contributed by atoms with Gasteiger partial charge in [0, 0.05) is 0 Å². The molecule has 146 valence electrons. The number of carbonyl (C=O) groups is 2. The van der Waals surface area contributed by atoms with E-state index in [9.17, 15) is 45.3 Å². The van der Waals surface area contributed by atoms with Crippen LogP contribution in [0, 0.1) is 0 Å². The molecule has 8 atom stereocenters. The number of hydrogen-bond acceptors (Lipinski definition) is 11. The first-order chi connectivity index (χ1) is 11.4. The summed E-state index contributed by atoms with van der Waals surface area (Å²) in [5.41, 5.74) is -3.01. The Morgan fingerprint density at radius 3 is 1.88 bits per heavy atom. The summed E-state index contributed by atoms with van der Waals surface area (Å²) in [4.78, 5) is 23.0. The summed E-state index contributed by atoms with van der Waals surface area (Å²) in [6, 6.07) is 0. The molecule has 0 saturated carbocycles. The van der Waals surface area contributed by atoms with E-state index in [2.05, 4.69) is 0 Å². The first-order valence-corrected chi connectivity index (χ1v) is 7.50. The Morgan fingerprint density at radius 1 is 1.00 bits per heavy atom. The first-order valence-electron chi connectivity index (χ1n) is 7.50. The van der Waals surface area contributed by atoms with Crippen molar-refractivity contribution in [1.82, 2.24) is 0 Å². The zero-order chi connectivity index (χ0) is 19.7. The maximum atomic E-state index is 11.5. The summed E-state index contributed by atoms with van der Waals surface area (Å²) in [6.45, 7) is 0.785. The van der Waals surface area contributed by atoms with E-state index in [1.54, 1.807) is 0 Å². The molecule has 0 amide bonds. The maximum Gasteiger partial charge on any atom is 0.209 e. The molecule has 1 aliphatic rings. The van der Waals surface area contributed by atoms with Crippen molar-refractivity contribution in [2.45, 2.75) is 68.3 Å². The van der Waals surface area contributed by atoms with Crippen LogP contribution in [0.4, 0.5) is 0 Å². The second-order valence-electron chi connectivity index (χ2n) is 6.10. The number of ketones is 2. The van der Waals surface area contributed by atoms with Gasteiger partial charge in [-0.3, -0.25) is 9.59 Å². The van der Waals surface area contributed by atoms with E-state index in [4.69, 9.17) is 9.84 Å². The van der Waals surface area contributed by atoms with E-state index >= 15 is 0 Å². The van der Waals surface area contributed by atoms with Gasteiger partial charge < -0.3 is 45.6 Å². The second kappa shape index (κ2) is 8.12. The fourth-order valence-corrected chi connectivity index (χ4v) is 2.71. The van der Waals surface area contributed by atoms with Crippen molar-refractivity contribution in [3.63, 3.8) is 0 Å². The molecule has 0 spiro atoms. The van der Waals surface area contributed by atoms with Crippen molar-refractivity contribution in [3.05, 3.63) is 0 Å². The summed E-state index contributed by atoms with van der Waals surface area (Å²) in [5.74, 6) is -2.37. The molecule has 1 rings (SSSR count). The number of aliphatic hydroxyl groups is 8. The van der Waals surface area contributed by atoms with Crippen molar-refractivity contribution in [1.29, 1.82) is 0 Å². The van der Waals surface area contributed by atoms with Crippen LogP contribution >= 0.6 is 0 Å². The lowest BCUT2D eigenvalue weighted by Crippen LogP contribution is -2.67. The molecule has 0 aromatic heterocycles. The quantitative estimate of drug-likeness (QED) is 0.199. The summed E-state index contributed by atoms with van der Waals surface area (Å²) < 4.78 is 5.01. The van der Waals surface area contributed by atoms with Gasteiger partial charge in [0.15, 0.2) is 11.6 Å². The largest absolute Gasteiger partial charge is 0.394 e. The van der Waals surface area contributed by atoms with Gasteiger partial charge in [-0.05, 0) is 13.8 Å². The van der Waals surface area contributed by atoms with Crippen LogP contribution in [0.25, 0.3) is 0 Å². The fraction of sp³-hybridized carbons (Fsp3) is 0.857. The molecule has 11 nitrogen and oxygen atoms in total. The minimum absolute atomic E-state index is 0.789. The van der Waals surface area contributed by atoms with Crippen LogP contribution in [0.3, 0.4) is 0 Å². The van der Waals surface area contributed by atoms with Crippen LogP contribution in [0.2, 0.25) is 0 Å². The molecule has 2 unspecified atom stereocenters. The topological polar surface area (TPSA) is 205 Å². The monoisotopic (exact) mass is 368 g/mol. The summed E-state index contributed by atoms with van der Waals surface area (Å²) in [7, 11) is 0. The van der Waals surface area contributed by atoms with Crippen molar-refractivity contribution >= 4 is 11.6 Å². The Kier molecular flexibility index (Phi) is 7.15. The van der Waals surface area contributed by atoms with Crippen molar-refractivity contribution in [3.8, 4) is 0 Å². The van der Waals surface area contributed by atoms with Gasteiger partial charge in [0.2, 0.25) is 5.60 Å². The van der Waals surface area contributed by atoms with E-state index in [1.165, 1.54) is 0 Å². The molecule has 0 radical (unpaired) electrons. The van der Waals surface area contributed by atoms with Crippen LogP contribution in [0.1, 0.15) is 13.8 Å². The lowest BCUT2D eigenvalue weighted by atomic mass is 9.81. The minimum atomic E-state index is -3.01. The minimum Gasteiger partial charge on any atom is -0.394 e. The lowest BCUT2D eigenvalue weighted by molar-refractivity contribution is -0.265. The molecule has 0 aromatic carbocycles. The number of rotatable bonds is 7. The maximum absolute atomic E-state index is 11.5. The Labute approximate surface area is 142 Å². The van der Waals surface area contributed by atoms with Gasteiger partial charge in [0.05, 0.1) is 6.61 Å². The SMILES string of the molecule is CC(=O)C(O)(C(C)=O)[C@@H](O)[C@@H](O)C(O)C1O[C@H](CO)[C@@H](O)[C@H](O)[C@@H]1O. The molecule has 1 saturated heterocycles. The Morgan fingerprint density at radius 2 is 1.48 bits per heavy atom. The second-order valence-corrected chi connectivity index (χ2v) is 6.10. The van der Waals surface area contributed by atoms with Gasteiger partial charge in [-0.1, -0.05) is 0 Å². The Bertz CT molecular complexity index is 479. The average molecular weight is 368 g/mol. The molecule has 0 aliphatic carbocycles. The van der Waals surface area contributed by atoms with Gasteiger partial charge in [-0.25, -0.2) is 0 Å². The zero-order valence-electron chi connectivity index (χ0n) is 13.6. The van der Waals surface area contributed by atoms with E-state index < -0.39 is 72.6 Å². The van der Waals surface area contributed by atoms with Crippen LogP contribution in [-0.2, 0) is 14.3 Å². The number of ether oxygens (including phenoxy) is 1. The highest BCUT2D eigenvalue weighted by molar-refractivity contribution is 6.09. The third-order valence-corrected chi connectivity index (χ3v) is 4.44. The summed E-state index contributed by atoms with van der Waals surface area (Å²) >= 11 is 0. The van der Waals surface area contributed by atoms with E-state index in [-0.39, 0.29) is 0 Å². The highest BCUT2D eigenvalue weighted by Crippen LogP contribution is 2.27. The number of Topliss-reactive ketones (excluding diaryl/α,β-unsaturated/α-hetero) is 2. The molecule has 1 fully saturated rings. The molecule has 1 heterocycles. The molecular weight excluding hydrogens is 344 g/mol. The molecule has 0 aromatic rings. The van der Waals surface area contributed by atoms with Gasteiger partial charge in [-0.15, -0.1) is 0 Å². The van der Waals surface area contributed by atoms with Crippen LogP contribution in [0.5, 0.6) is 0 Å². The Hall–Kier alpha value is -1.02. The average Bonchev–Trinajstić information content (AvgIpc) is 2.56. The molecular formula is C14H24O11. The standard InChI is InChI=1S/C14H24O11/c1-4(16)14(24,5(2)17)13(23)11(22)10(21)12-9(20)8(19)7(18)6(3-15)25-12/h6-13,15,18-24H,3H2,1-2H3/t6-,7-,8+,9+,10?,11+,12?,13+/m1/s1. The highest BCUT2D eigenvalue weighted by atomic mass is 16.6. The van der Waals surface area contributed by atoms with E-state index in [0.717, 1.165) is 13.8 Å². The van der Waals surface area contributed by atoms with Crippen molar-refractivity contribution < 1.29 is 55.2 Å². The third-order valence-electron chi connectivity index (χ3n) is 4.44. The third kappa shape index (κ3) is 3.89. The van der Waals surface area contributed by atoms with Crippen LogP contribution in [-0.4, -0.2) is 113 Å². The first kappa shape index (κ1) is 22.0. The van der Waals surface area contributed by atoms with Gasteiger partial charge in [0.1, 0.15) is 48.8 Å². The number of aliphatic hydroxyl groups excluding tert-OH is 7. The smallest absolute Gasteiger partial charge is 0.209 e.